The number of alkyl halides is 2. The fraction of sp³-hybridized carbons (Fsp3) is 0.393. The number of nitrogens with one attached hydrogen (secondary N) is 4. The highest BCUT2D eigenvalue weighted by Crippen LogP contribution is 2.49. The van der Waals surface area contributed by atoms with Crippen LogP contribution in [0.5, 0.6) is 0 Å². The summed E-state index contributed by atoms with van der Waals surface area (Å²) < 4.78 is 41.9. The van der Waals surface area contributed by atoms with Crippen molar-refractivity contribution in [2.24, 2.45) is 5.41 Å². The molecule has 0 amide bonds. The van der Waals surface area contributed by atoms with E-state index in [2.05, 4.69) is 37.6 Å². The van der Waals surface area contributed by atoms with E-state index in [9.17, 15) is 18.4 Å². The third-order valence-corrected chi connectivity index (χ3v) is 8.34. The van der Waals surface area contributed by atoms with Gasteiger partial charge in [-0.1, -0.05) is 38.4 Å². The summed E-state index contributed by atoms with van der Waals surface area (Å²) in [6, 6.07) is 7.34. The smallest absolute Gasteiger partial charge is 0.262 e. The molecule has 6 radical (unpaired) electrons. The molecule has 2 aromatic heterocycles. The van der Waals surface area contributed by atoms with Gasteiger partial charge in [0.15, 0.2) is 0 Å². The number of halogens is 4. The van der Waals surface area contributed by atoms with Crippen molar-refractivity contribution >= 4 is 57.4 Å². The highest BCUT2D eigenvalue weighted by atomic mass is 35.5. The molecular formula is C28H27B3ClF3N8. The van der Waals surface area contributed by atoms with E-state index in [-0.39, 0.29) is 29.0 Å². The first kappa shape index (κ1) is 30.9. The van der Waals surface area contributed by atoms with Gasteiger partial charge in [-0.25, -0.2) is 13.8 Å². The maximum Gasteiger partial charge on any atom is 0.262 e. The number of nitriles is 1. The minimum Gasteiger partial charge on any atom is -0.395 e. The molecule has 1 atom stereocenters. The second-order valence-corrected chi connectivity index (χ2v) is 12.3. The van der Waals surface area contributed by atoms with Crippen LogP contribution in [0.15, 0.2) is 41.8 Å². The Morgan fingerprint density at radius 3 is 2.49 bits per heavy atom. The van der Waals surface area contributed by atoms with Gasteiger partial charge in [0, 0.05) is 34.1 Å². The van der Waals surface area contributed by atoms with Crippen LogP contribution in [0, 0.1) is 29.6 Å². The molecule has 3 heterocycles. The van der Waals surface area contributed by atoms with Gasteiger partial charge in [-0.3, -0.25) is 9.99 Å². The fourth-order valence-corrected chi connectivity index (χ4v) is 5.14. The van der Waals surface area contributed by atoms with Crippen LogP contribution in [0.4, 0.5) is 24.5 Å². The fourth-order valence-electron chi connectivity index (χ4n) is 4.87. The lowest BCUT2D eigenvalue weighted by Crippen LogP contribution is -2.51. The second kappa shape index (κ2) is 10.9. The lowest BCUT2D eigenvalue weighted by molar-refractivity contribution is 0.00650. The molecule has 1 aromatic carbocycles. The van der Waals surface area contributed by atoms with Gasteiger partial charge in [0.1, 0.15) is 19.5 Å². The van der Waals surface area contributed by atoms with Crippen molar-refractivity contribution < 1.29 is 13.2 Å². The largest absolute Gasteiger partial charge is 0.395 e. The highest BCUT2D eigenvalue weighted by Gasteiger charge is 2.58. The van der Waals surface area contributed by atoms with E-state index in [0.717, 1.165) is 0 Å². The van der Waals surface area contributed by atoms with Gasteiger partial charge >= 0.3 is 0 Å². The van der Waals surface area contributed by atoms with Crippen molar-refractivity contribution in [2.75, 3.05) is 10.6 Å². The number of hydrogen-bond donors (Lipinski definition) is 4. The summed E-state index contributed by atoms with van der Waals surface area (Å²) in [4.78, 5) is 8.32. The summed E-state index contributed by atoms with van der Waals surface area (Å²) >= 11 is 6.69. The van der Waals surface area contributed by atoms with E-state index < -0.39 is 34.7 Å². The molecule has 0 unspecified atom stereocenters. The zero-order valence-electron chi connectivity index (χ0n) is 24.0. The predicted molar refractivity (Wildman–Crippen MR) is 163 cm³/mol. The maximum absolute atomic E-state index is 14.0. The molecule has 1 aliphatic heterocycles. The Hall–Kier alpha value is -3.56. The van der Waals surface area contributed by atoms with Crippen LogP contribution in [0.25, 0.3) is 10.9 Å². The van der Waals surface area contributed by atoms with Crippen LogP contribution < -0.4 is 21.6 Å². The van der Waals surface area contributed by atoms with Gasteiger partial charge in [0.05, 0.1) is 49.2 Å². The number of hydrazine groups is 2. The van der Waals surface area contributed by atoms with Gasteiger partial charge in [-0.05, 0) is 48.7 Å². The summed E-state index contributed by atoms with van der Waals surface area (Å²) in [6.07, 6.45) is -0.752. The quantitative estimate of drug-likeness (QED) is 0.219. The molecule has 216 valence electrons. The average molecular weight is 600 g/mol. The van der Waals surface area contributed by atoms with Crippen LogP contribution in [-0.2, 0) is 0 Å². The summed E-state index contributed by atoms with van der Waals surface area (Å²) in [5.74, 6) is -0.679. The van der Waals surface area contributed by atoms with Crippen LogP contribution >= 0.6 is 11.6 Å². The number of pyridine rings is 2. The third kappa shape index (κ3) is 5.49. The number of fused-ring (bicyclic) bond motifs is 1. The van der Waals surface area contributed by atoms with Gasteiger partial charge in [-0.15, -0.1) is 5.53 Å². The summed E-state index contributed by atoms with van der Waals surface area (Å²) in [5.41, 5.74) is 6.20. The van der Waals surface area contributed by atoms with Crippen molar-refractivity contribution in [3.63, 3.8) is 0 Å². The predicted octanol–water partition coefficient (Wildman–Crippen LogP) is 4.66. The SMILES string of the molecule is [B]C1=C([C@@H](Nc2cc(Cl)c3ncc(C#N)c(NC([B])([B])C(C)(C)C)c3c2)c2ccc(F)nc2C)NNN1C1(C(F)F)CC1. The molecular weight excluding hydrogens is 573 g/mol. The number of aromatic nitrogens is 2. The monoisotopic (exact) mass is 600 g/mol. The first-order valence-corrected chi connectivity index (χ1v) is 13.8. The Kier molecular flexibility index (Phi) is 7.80. The third-order valence-electron chi connectivity index (χ3n) is 8.05. The minimum atomic E-state index is -2.64. The van der Waals surface area contributed by atoms with Crippen LogP contribution in [0.2, 0.25) is 5.02 Å². The van der Waals surface area contributed by atoms with Crippen molar-refractivity contribution in [2.45, 2.75) is 63.9 Å². The van der Waals surface area contributed by atoms with E-state index >= 15 is 0 Å². The number of hydrogen-bond acceptors (Lipinski definition) is 8. The summed E-state index contributed by atoms with van der Waals surface area (Å²) in [6.45, 7) is 7.17. The highest BCUT2D eigenvalue weighted by molar-refractivity contribution is 6.42. The van der Waals surface area contributed by atoms with Gasteiger partial charge in [-0.2, -0.15) is 9.65 Å². The van der Waals surface area contributed by atoms with E-state index in [1.54, 1.807) is 19.1 Å². The van der Waals surface area contributed by atoms with Gasteiger partial charge in [0.25, 0.3) is 6.43 Å². The van der Waals surface area contributed by atoms with Crippen LogP contribution in [0.3, 0.4) is 0 Å². The van der Waals surface area contributed by atoms with Gasteiger partial charge < -0.3 is 16.1 Å². The molecule has 1 saturated carbocycles. The molecule has 0 spiro atoms. The van der Waals surface area contributed by atoms with Crippen LogP contribution in [0.1, 0.15) is 56.5 Å². The Balaban J connectivity index is 1.64. The minimum absolute atomic E-state index is 0.0444. The molecule has 15 heteroatoms. The summed E-state index contributed by atoms with van der Waals surface area (Å²) in [7, 11) is 19.3. The molecule has 0 bridgehead atoms. The Labute approximate surface area is 257 Å². The number of anilines is 2. The molecule has 3 aromatic rings. The first-order valence-electron chi connectivity index (χ1n) is 13.5. The van der Waals surface area contributed by atoms with Crippen LogP contribution in [-0.4, -0.2) is 55.8 Å². The van der Waals surface area contributed by atoms with E-state index in [1.165, 1.54) is 23.3 Å². The molecule has 1 fully saturated rings. The number of aryl methyl sites for hydroxylation is 1. The Morgan fingerprint density at radius 1 is 1.21 bits per heavy atom. The molecule has 1 aliphatic carbocycles. The zero-order chi connectivity index (χ0) is 31.5. The van der Waals surface area contributed by atoms with Crippen molar-refractivity contribution in [3.8, 4) is 6.07 Å². The topological polar surface area (TPSA) is 101 Å². The Morgan fingerprint density at radius 2 is 1.91 bits per heavy atom. The lowest BCUT2D eigenvalue weighted by Gasteiger charge is -2.42. The average Bonchev–Trinajstić information content (AvgIpc) is 3.64. The zero-order valence-corrected chi connectivity index (χ0v) is 24.7. The van der Waals surface area contributed by atoms with Crippen molar-refractivity contribution in [1.82, 2.24) is 25.9 Å². The number of benzene rings is 1. The van der Waals surface area contributed by atoms with Crippen molar-refractivity contribution in [3.05, 3.63) is 69.5 Å². The molecule has 0 saturated heterocycles. The standard InChI is InChI=1S/C28H27B3ClF3N8/c1-13-16(5-6-19(33)38-13)22(23-24(29)43(42-41-23)27(7-8-27)25(34)35)39-15-9-17-20(40-28(30,31)26(2,3)4)14(11-36)12-37-21(17)18(32)10-15/h5-6,9-10,12,22,25,39,41-42H,7-8H2,1-4H3,(H,37,40)/t22-/m0/s1. The molecule has 4 N–H and O–H groups in total. The van der Waals surface area contributed by atoms with E-state index in [4.69, 9.17) is 35.1 Å². The van der Waals surface area contributed by atoms with E-state index in [1.807, 2.05) is 20.8 Å². The van der Waals surface area contributed by atoms with Gasteiger partial charge in [0.2, 0.25) is 5.95 Å². The molecule has 43 heavy (non-hydrogen) atoms. The van der Waals surface area contributed by atoms with E-state index in [0.29, 0.717) is 39.2 Å². The first-order chi connectivity index (χ1) is 20.1. The number of rotatable bonds is 8. The van der Waals surface area contributed by atoms with Crippen molar-refractivity contribution in [1.29, 1.82) is 5.26 Å². The lowest BCUT2D eigenvalue weighted by atomic mass is 9.49. The molecule has 5 rings (SSSR count). The second-order valence-electron chi connectivity index (χ2n) is 11.9. The Bertz CT molecular complexity index is 1670. The number of nitrogens with zero attached hydrogens (tertiary/aromatic N) is 4. The molecule has 8 nitrogen and oxygen atoms in total. The summed E-state index contributed by atoms with van der Waals surface area (Å²) in [5, 5.41) is 16.8. The maximum atomic E-state index is 14.0. The normalized spacial score (nSPS) is 17.2. The molecule has 2 aliphatic rings.